The summed E-state index contributed by atoms with van der Waals surface area (Å²) in [6, 6.07) is 10.7. The summed E-state index contributed by atoms with van der Waals surface area (Å²) in [7, 11) is 0. The monoisotopic (exact) mass is 294 g/mol. The fourth-order valence-electron chi connectivity index (χ4n) is 1.97. The number of benzene rings is 1. The SMILES string of the molecule is CCn1nnc(-c2ccccc2NC(=O)c2ccncc2)n1. The number of nitrogens with zero attached hydrogens (tertiary/aromatic N) is 5. The number of pyridine rings is 1. The van der Waals surface area contributed by atoms with Crippen molar-refractivity contribution < 1.29 is 4.79 Å². The van der Waals surface area contributed by atoms with Crippen LogP contribution in [0.1, 0.15) is 17.3 Å². The van der Waals surface area contributed by atoms with E-state index >= 15 is 0 Å². The van der Waals surface area contributed by atoms with Gasteiger partial charge in [-0.15, -0.1) is 10.2 Å². The third-order valence-corrected chi connectivity index (χ3v) is 3.09. The molecule has 2 heterocycles. The van der Waals surface area contributed by atoms with Gasteiger partial charge in [0, 0.05) is 23.5 Å². The Balaban J connectivity index is 1.90. The highest BCUT2D eigenvalue weighted by atomic mass is 16.1. The summed E-state index contributed by atoms with van der Waals surface area (Å²) in [6.07, 6.45) is 3.16. The molecule has 0 spiro atoms. The van der Waals surface area contributed by atoms with Crippen molar-refractivity contribution in [2.24, 2.45) is 0 Å². The highest BCUT2D eigenvalue weighted by Crippen LogP contribution is 2.24. The number of tetrazole rings is 1. The third kappa shape index (κ3) is 2.83. The standard InChI is InChI=1S/C15H14N6O/c1-2-21-19-14(18-20-21)12-5-3-4-6-13(12)17-15(22)11-7-9-16-10-8-11/h3-10H,2H2,1H3,(H,17,22). The molecule has 0 bridgehead atoms. The number of para-hydroxylation sites is 1. The van der Waals surface area contributed by atoms with E-state index in [-0.39, 0.29) is 5.91 Å². The van der Waals surface area contributed by atoms with Gasteiger partial charge >= 0.3 is 0 Å². The van der Waals surface area contributed by atoms with Crippen molar-refractivity contribution in [2.45, 2.75) is 13.5 Å². The van der Waals surface area contributed by atoms with E-state index in [2.05, 4.69) is 25.7 Å². The molecule has 2 aromatic heterocycles. The molecule has 0 saturated carbocycles. The van der Waals surface area contributed by atoms with Gasteiger partial charge in [0.05, 0.1) is 12.2 Å². The molecule has 1 aromatic carbocycles. The van der Waals surface area contributed by atoms with E-state index < -0.39 is 0 Å². The van der Waals surface area contributed by atoms with Crippen LogP contribution < -0.4 is 5.32 Å². The van der Waals surface area contributed by atoms with Gasteiger partial charge in [0.25, 0.3) is 5.91 Å². The van der Waals surface area contributed by atoms with Crippen molar-refractivity contribution in [1.82, 2.24) is 25.2 Å². The van der Waals surface area contributed by atoms with Gasteiger partial charge in [-0.25, -0.2) is 0 Å². The number of hydrogen-bond donors (Lipinski definition) is 1. The second-order valence-electron chi connectivity index (χ2n) is 4.54. The lowest BCUT2D eigenvalue weighted by Crippen LogP contribution is -2.12. The Labute approximate surface area is 127 Å². The van der Waals surface area contributed by atoms with Gasteiger partial charge < -0.3 is 5.32 Å². The van der Waals surface area contributed by atoms with Gasteiger partial charge in [-0.3, -0.25) is 9.78 Å². The summed E-state index contributed by atoms with van der Waals surface area (Å²) in [5.41, 5.74) is 1.90. The quantitative estimate of drug-likeness (QED) is 0.795. The molecular weight excluding hydrogens is 280 g/mol. The molecule has 0 atom stereocenters. The Kier molecular flexibility index (Phi) is 3.86. The molecule has 0 aliphatic carbocycles. The fraction of sp³-hybridized carbons (Fsp3) is 0.133. The average Bonchev–Trinajstić information content (AvgIpc) is 3.05. The summed E-state index contributed by atoms with van der Waals surface area (Å²) < 4.78 is 0. The zero-order valence-corrected chi connectivity index (χ0v) is 12.0. The van der Waals surface area contributed by atoms with E-state index in [9.17, 15) is 4.79 Å². The maximum Gasteiger partial charge on any atom is 0.255 e. The van der Waals surface area contributed by atoms with Gasteiger partial charge in [-0.1, -0.05) is 12.1 Å². The predicted octanol–water partition coefficient (Wildman–Crippen LogP) is 2.01. The van der Waals surface area contributed by atoms with Gasteiger partial charge in [-0.05, 0) is 36.4 Å². The predicted molar refractivity (Wildman–Crippen MR) is 81.1 cm³/mol. The van der Waals surface area contributed by atoms with Gasteiger partial charge in [0.2, 0.25) is 5.82 Å². The van der Waals surface area contributed by atoms with Crippen LogP contribution in [-0.4, -0.2) is 31.1 Å². The van der Waals surface area contributed by atoms with E-state index in [0.29, 0.717) is 23.6 Å². The Bertz CT molecular complexity index is 783. The maximum atomic E-state index is 12.3. The highest BCUT2D eigenvalue weighted by molar-refractivity contribution is 6.05. The van der Waals surface area contributed by atoms with Gasteiger partial charge in [0.1, 0.15) is 0 Å². The molecule has 0 aliphatic rings. The molecule has 0 saturated heterocycles. The first-order valence-corrected chi connectivity index (χ1v) is 6.86. The number of aromatic nitrogens is 5. The summed E-state index contributed by atoms with van der Waals surface area (Å²) in [4.78, 5) is 17.7. The summed E-state index contributed by atoms with van der Waals surface area (Å²) >= 11 is 0. The molecule has 7 heteroatoms. The smallest absolute Gasteiger partial charge is 0.255 e. The van der Waals surface area contributed by atoms with Crippen LogP contribution in [0.15, 0.2) is 48.8 Å². The zero-order chi connectivity index (χ0) is 15.4. The molecule has 1 N–H and O–H groups in total. The molecule has 0 unspecified atom stereocenters. The van der Waals surface area contributed by atoms with E-state index in [1.54, 1.807) is 30.6 Å². The van der Waals surface area contributed by atoms with Gasteiger partial charge in [0.15, 0.2) is 0 Å². The van der Waals surface area contributed by atoms with Crippen LogP contribution in [0, 0.1) is 0 Å². The second-order valence-corrected chi connectivity index (χ2v) is 4.54. The van der Waals surface area contributed by atoms with E-state index in [1.807, 2.05) is 25.1 Å². The number of aryl methyl sites for hydroxylation is 1. The summed E-state index contributed by atoms with van der Waals surface area (Å²) in [5, 5.41) is 15.1. The third-order valence-electron chi connectivity index (χ3n) is 3.09. The largest absolute Gasteiger partial charge is 0.321 e. The molecule has 1 amide bonds. The molecular formula is C15H14N6O. The number of carbonyl (C=O) groups excluding carboxylic acids is 1. The molecule has 0 fully saturated rings. The van der Waals surface area contributed by atoms with E-state index in [0.717, 1.165) is 5.56 Å². The number of hydrogen-bond acceptors (Lipinski definition) is 5. The van der Waals surface area contributed by atoms with E-state index in [1.165, 1.54) is 4.80 Å². The Morgan fingerprint density at radius 1 is 1.18 bits per heavy atom. The Hall–Kier alpha value is -3.09. The molecule has 3 rings (SSSR count). The second kappa shape index (κ2) is 6.13. The number of rotatable bonds is 4. The molecule has 22 heavy (non-hydrogen) atoms. The lowest BCUT2D eigenvalue weighted by molar-refractivity contribution is 0.102. The number of amides is 1. The van der Waals surface area contributed by atoms with Crippen LogP contribution in [0.2, 0.25) is 0 Å². The Morgan fingerprint density at radius 3 is 2.68 bits per heavy atom. The Morgan fingerprint density at radius 2 is 1.95 bits per heavy atom. The topological polar surface area (TPSA) is 85.6 Å². The lowest BCUT2D eigenvalue weighted by Gasteiger charge is -2.08. The summed E-state index contributed by atoms with van der Waals surface area (Å²) in [6.45, 7) is 2.57. The van der Waals surface area contributed by atoms with Crippen LogP contribution in [0.3, 0.4) is 0 Å². The van der Waals surface area contributed by atoms with Crippen molar-refractivity contribution in [3.8, 4) is 11.4 Å². The average molecular weight is 294 g/mol. The first-order chi connectivity index (χ1) is 10.8. The van der Waals surface area contributed by atoms with Gasteiger partial charge in [-0.2, -0.15) is 4.80 Å². The molecule has 110 valence electrons. The number of anilines is 1. The minimum atomic E-state index is -0.210. The molecule has 0 radical (unpaired) electrons. The number of nitrogens with one attached hydrogen (secondary N) is 1. The first kappa shape index (κ1) is 13.9. The van der Waals surface area contributed by atoms with Crippen LogP contribution in [0.4, 0.5) is 5.69 Å². The van der Waals surface area contributed by atoms with Crippen molar-refractivity contribution in [1.29, 1.82) is 0 Å². The van der Waals surface area contributed by atoms with Crippen molar-refractivity contribution >= 4 is 11.6 Å². The van der Waals surface area contributed by atoms with Crippen LogP contribution >= 0.6 is 0 Å². The minimum absolute atomic E-state index is 0.210. The first-order valence-electron chi connectivity index (χ1n) is 6.86. The van der Waals surface area contributed by atoms with Crippen LogP contribution in [-0.2, 0) is 6.54 Å². The van der Waals surface area contributed by atoms with Crippen molar-refractivity contribution in [3.05, 3.63) is 54.4 Å². The van der Waals surface area contributed by atoms with Crippen molar-refractivity contribution in [3.63, 3.8) is 0 Å². The molecule has 0 aliphatic heterocycles. The fourth-order valence-corrected chi connectivity index (χ4v) is 1.97. The normalized spacial score (nSPS) is 10.4. The maximum absolute atomic E-state index is 12.3. The van der Waals surface area contributed by atoms with E-state index in [4.69, 9.17) is 0 Å². The molecule has 3 aromatic rings. The summed E-state index contributed by atoms with van der Waals surface area (Å²) in [5.74, 6) is 0.269. The minimum Gasteiger partial charge on any atom is -0.321 e. The van der Waals surface area contributed by atoms with Crippen LogP contribution in [0.5, 0.6) is 0 Å². The van der Waals surface area contributed by atoms with Crippen molar-refractivity contribution in [2.75, 3.05) is 5.32 Å². The number of carbonyl (C=O) groups is 1. The highest BCUT2D eigenvalue weighted by Gasteiger charge is 2.13. The lowest BCUT2D eigenvalue weighted by atomic mass is 10.1. The molecule has 7 nitrogen and oxygen atoms in total. The van der Waals surface area contributed by atoms with Crippen LogP contribution in [0.25, 0.3) is 11.4 Å². The zero-order valence-electron chi connectivity index (χ0n) is 12.0.